The summed E-state index contributed by atoms with van der Waals surface area (Å²) in [6.45, 7) is 0. The van der Waals surface area contributed by atoms with Crippen molar-refractivity contribution in [1.82, 2.24) is 5.43 Å². The van der Waals surface area contributed by atoms with Gasteiger partial charge in [0.05, 0.1) is 21.7 Å². The van der Waals surface area contributed by atoms with Crippen LogP contribution in [-0.2, 0) is 0 Å². The van der Waals surface area contributed by atoms with E-state index < -0.39 is 4.92 Å². The molecule has 1 heterocycles. The summed E-state index contributed by atoms with van der Waals surface area (Å²) in [7, 11) is 0. The summed E-state index contributed by atoms with van der Waals surface area (Å²) in [4.78, 5) is 10.2. The van der Waals surface area contributed by atoms with Crippen molar-refractivity contribution in [3.05, 3.63) is 67.7 Å². The first-order valence-corrected chi connectivity index (χ1v) is 7.46. The van der Waals surface area contributed by atoms with Crippen molar-refractivity contribution in [3.63, 3.8) is 0 Å². The summed E-state index contributed by atoms with van der Waals surface area (Å²) in [6, 6.07) is 9.17. The lowest BCUT2D eigenvalue weighted by Crippen LogP contribution is -2.09. The van der Waals surface area contributed by atoms with Crippen LogP contribution in [-0.4, -0.2) is 15.7 Å². The van der Waals surface area contributed by atoms with Gasteiger partial charge in [-0.05, 0) is 17.7 Å². The molecule has 2 N–H and O–H groups in total. The zero-order chi connectivity index (χ0) is 16.6. The molecule has 0 bridgehead atoms. The van der Waals surface area contributed by atoms with Crippen LogP contribution in [0.3, 0.4) is 0 Å². The summed E-state index contributed by atoms with van der Waals surface area (Å²) >= 11 is 11.9. The Hall–Kier alpha value is -2.31. The minimum absolute atomic E-state index is 0.0344. The predicted molar refractivity (Wildman–Crippen MR) is 88.3 cm³/mol. The Kier molecular flexibility index (Phi) is 4.11. The average Bonchev–Trinajstić information content (AvgIpc) is 3.00. The molecule has 8 heteroatoms. The minimum Gasteiger partial charge on any atom is -0.506 e. The van der Waals surface area contributed by atoms with Crippen LogP contribution in [0.25, 0.3) is 0 Å². The van der Waals surface area contributed by atoms with Crippen molar-refractivity contribution >= 4 is 34.6 Å². The van der Waals surface area contributed by atoms with Crippen LogP contribution in [0.5, 0.6) is 5.75 Å². The van der Waals surface area contributed by atoms with E-state index in [1.54, 1.807) is 18.2 Å². The Labute approximate surface area is 141 Å². The smallest absolute Gasteiger partial charge is 0.269 e. The average molecular weight is 352 g/mol. The standard InChI is InChI=1S/C15H11Cl2N3O3/c16-9-5-11(15(21)12(17)6-9)14-7-13(18-19-14)8-1-3-10(4-2-8)20(22)23/h1-6,13,18,21H,7H2. The van der Waals surface area contributed by atoms with E-state index in [0.717, 1.165) is 5.56 Å². The first-order valence-electron chi connectivity index (χ1n) is 6.70. The molecule has 1 aliphatic heterocycles. The van der Waals surface area contributed by atoms with E-state index in [0.29, 0.717) is 22.7 Å². The van der Waals surface area contributed by atoms with Crippen molar-refractivity contribution in [1.29, 1.82) is 0 Å². The van der Waals surface area contributed by atoms with Crippen molar-refractivity contribution in [2.24, 2.45) is 5.10 Å². The van der Waals surface area contributed by atoms with Crippen LogP contribution in [0.15, 0.2) is 41.5 Å². The lowest BCUT2D eigenvalue weighted by molar-refractivity contribution is -0.384. The number of hydrazone groups is 1. The van der Waals surface area contributed by atoms with Gasteiger partial charge in [-0.1, -0.05) is 35.3 Å². The molecule has 2 aromatic rings. The van der Waals surface area contributed by atoms with Gasteiger partial charge < -0.3 is 10.5 Å². The van der Waals surface area contributed by atoms with Gasteiger partial charge >= 0.3 is 0 Å². The van der Waals surface area contributed by atoms with Gasteiger partial charge in [-0.3, -0.25) is 10.1 Å². The first-order chi connectivity index (χ1) is 11.0. The molecule has 3 rings (SSSR count). The van der Waals surface area contributed by atoms with Gasteiger partial charge in [-0.25, -0.2) is 0 Å². The van der Waals surface area contributed by atoms with Gasteiger partial charge in [0.25, 0.3) is 5.69 Å². The Balaban J connectivity index is 1.82. The Morgan fingerprint density at radius 3 is 2.61 bits per heavy atom. The van der Waals surface area contributed by atoms with Crippen LogP contribution in [0, 0.1) is 10.1 Å². The summed E-state index contributed by atoms with van der Waals surface area (Å²) in [5.41, 5.74) is 4.95. The summed E-state index contributed by atoms with van der Waals surface area (Å²) in [5.74, 6) is -0.0685. The number of phenols is 1. The van der Waals surface area contributed by atoms with E-state index in [4.69, 9.17) is 23.2 Å². The maximum absolute atomic E-state index is 10.7. The minimum atomic E-state index is -0.445. The number of phenolic OH excluding ortho intramolecular Hbond substituents is 1. The number of nitrogens with one attached hydrogen (secondary N) is 1. The monoisotopic (exact) mass is 351 g/mol. The molecule has 6 nitrogen and oxygen atoms in total. The molecule has 0 radical (unpaired) electrons. The van der Waals surface area contributed by atoms with Gasteiger partial charge in [0.15, 0.2) is 0 Å². The highest BCUT2D eigenvalue weighted by Crippen LogP contribution is 2.35. The van der Waals surface area contributed by atoms with Crippen LogP contribution in [0.2, 0.25) is 10.0 Å². The number of nitro benzene ring substituents is 1. The Morgan fingerprint density at radius 1 is 1.26 bits per heavy atom. The fourth-order valence-electron chi connectivity index (χ4n) is 2.42. The first kappa shape index (κ1) is 15.6. The number of benzene rings is 2. The van der Waals surface area contributed by atoms with Crippen molar-refractivity contribution < 1.29 is 10.0 Å². The van der Waals surface area contributed by atoms with E-state index in [-0.39, 0.29) is 22.5 Å². The number of non-ortho nitro benzene ring substituents is 1. The summed E-state index contributed by atoms with van der Waals surface area (Å²) < 4.78 is 0. The molecule has 0 aliphatic carbocycles. The molecular weight excluding hydrogens is 341 g/mol. The second kappa shape index (κ2) is 6.06. The van der Waals surface area contributed by atoms with E-state index >= 15 is 0 Å². The zero-order valence-electron chi connectivity index (χ0n) is 11.7. The second-order valence-corrected chi connectivity index (χ2v) is 5.92. The molecular formula is C15H11Cl2N3O3. The molecule has 1 aliphatic rings. The van der Waals surface area contributed by atoms with Crippen LogP contribution >= 0.6 is 23.2 Å². The molecule has 2 aromatic carbocycles. The quantitative estimate of drug-likeness (QED) is 0.644. The number of hydrogen-bond acceptors (Lipinski definition) is 5. The van der Waals surface area contributed by atoms with Crippen molar-refractivity contribution in [3.8, 4) is 5.75 Å². The van der Waals surface area contributed by atoms with Gasteiger partial charge in [-0.15, -0.1) is 0 Å². The normalized spacial score (nSPS) is 16.8. The van der Waals surface area contributed by atoms with E-state index in [1.165, 1.54) is 18.2 Å². The van der Waals surface area contributed by atoms with Gasteiger partial charge in [0.2, 0.25) is 0 Å². The SMILES string of the molecule is O=[N+]([O-])c1ccc(C2CC(c3cc(Cl)cc(Cl)c3O)=NN2)cc1. The highest BCUT2D eigenvalue weighted by Gasteiger charge is 2.24. The fraction of sp³-hybridized carbons (Fsp3) is 0.133. The number of rotatable bonds is 3. The largest absolute Gasteiger partial charge is 0.506 e. The molecule has 0 saturated heterocycles. The van der Waals surface area contributed by atoms with Crippen molar-refractivity contribution in [2.45, 2.75) is 12.5 Å². The zero-order valence-corrected chi connectivity index (χ0v) is 13.2. The van der Waals surface area contributed by atoms with Gasteiger partial charge in [0, 0.05) is 29.1 Å². The Bertz CT molecular complexity index is 806. The van der Waals surface area contributed by atoms with Crippen LogP contribution in [0.1, 0.15) is 23.6 Å². The van der Waals surface area contributed by atoms with E-state index in [1.807, 2.05) is 0 Å². The van der Waals surface area contributed by atoms with Gasteiger partial charge in [0.1, 0.15) is 5.75 Å². The maximum atomic E-state index is 10.7. The molecule has 23 heavy (non-hydrogen) atoms. The highest BCUT2D eigenvalue weighted by molar-refractivity contribution is 6.36. The van der Waals surface area contributed by atoms with E-state index in [9.17, 15) is 15.2 Å². The lowest BCUT2D eigenvalue weighted by Gasteiger charge is -2.10. The molecule has 1 unspecified atom stereocenters. The molecule has 0 saturated carbocycles. The number of halogens is 2. The second-order valence-electron chi connectivity index (χ2n) is 5.08. The third-order valence-corrected chi connectivity index (χ3v) is 4.10. The number of nitro groups is 1. The maximum Gasteiger partial charge on any atom is 0.269 e. The predicted octanol–water partition coefficient (Wildman–Crippen LogP) is 4.05. The van der Waals surface area contributed by atoms with Gasteiger partial charge in [-0.2, -0.15) is 5.10 Å². The highest BCUT2D eigenvalue weighted by atomic mass is 35.5. The molecule has 0 fully saturated rings. The van der Waals surface area contributed by atoms with E-state index in [2.05, 4.69) is 10.5 Å². The molecule has 0 aromatic heterocycles. The molecule has 1 atom stereocenters. The number of nitrogens with zero attached hydrogens (tertiary/aromatic N) is 2. The lowest BCUT2D eigenvalue weighted by atomic mass is 9.98. The van der Waals surface area contributed by atoms with Crippen molar-refractivity contribution in [2.75, 3.05) is 0 Å². The Morgan fingerprint density at radius 2 is 1.96 bits per heavy atom. The number of hydrogen-bond donors (Lipinski definition) is 2. The topological polar surface area (TPSA) is 87.8 Å². The third-order valence-electron chi connectivity index (χ3n) is 3.60. The summed E-state index contributed by atoms with van der Waals surface area (Å²) in [5, 5.41) is 25.5. The molecule has 0 amide bonds. The van der Waals surface area contributed by atoms with Crippen LogP contribution < -0.4 is 5.43 Å². The van der Waals surface area contributed by atoms with Crippen LogP contribution in [0.4, 0.5) is 5.69 Å². The molecule has 0 spiro atoms. The number of aromatic hydroxyl groups is 1. The summed E-state index contributed by atoms with van der Waals surface area (Å²) in [6.07, 6.45) is 0.502. The molecule has 118 valence electrons. The third kappa shape index (κ3) is 3.09. The fourth-order valence-corrected chi connectivity index (χ4v) is 2.91.